The summed E-state index contributed by atoms with van der Waals surface area (Å²) in [7, 11) is 1.25. The van der Waals surface area contributed by atoms with Gasteiger partial charge in [-0.3, -0.25) is 19.8 Å². The molecule has 10 heteroatoms. The molecule has 33 heavy (non-hydrogen) atoms. The number of benzene rings is 1. The van der Waals surface area contributed by atoms with Gasteiger partial charge in [-0.15, -0.1) is 0 Å². The molecule has 0 fully saturated rings. The molecule has 4 rings (SSSR count). The highest BCUT2D eigenvalue weighted by molar-refractivity contribution is 6.02. The van der Waals surface area contributed by atoms with Gasteiger partial charge in [0.1, 0.15) is 12.4 Å². The molecule has 0 unspecified atom stereocenters. The van der Waals surface area contributed by atoms with E-state index in [-0.39, 0.29) is 5.56 Å². The van der Waals surface area contributed by atoms with Crippen LogP contribution in [0, 0.1) is 5.82 Å². The number of nitrogens with zero attached hydrogens (tertiary/aromatic N) is 3. The monoisotopic (exact) mass is 457 g/mol. The van der Waals surface area contributed by atoms with Crippen LogP contribution < -0.4 is 5.32 Å². The number of H-pyrrole nitrogens is 1. The van der Waals surface area contributed by atoms with Crippen LogP contribution in [-0.4, -0.2) is 52.2 Å². The zero-order valence-corrected chi connectivity index (χ0v) is 17.8. The Bertz CT molecular complexity index is 1160. The lowest BCUT2D eigenvalue weighted by molar-refractivity contribution is -0.111. The number of carbonyl (C=O) groups excluding carboxylic acids is 1. The zero-order chi connectivity index (χ0) is 23.4. The van der Waals surface area contributed by atoms with Gasteiger partial charge in [0.2, 0.25) is 5.91 Å². The normalized spacial score (nSPS) is 14.1. The van der Waals surface area contributed by atoms with Crippen molar-refractivity contribution in [1.29, 1.82) is 0 Å². The number of methoxy groups -OCH3 is 1. The van der Waals surface area contributed by atoms with E-state index >= 15 is 0 Å². The number of hydrogen-bond acceptors (Lipinski definition) is 5. The number of amides is 1. The van der Waals surface area contributed by atoms with Crippen LogP contribution in [0.1, 0.15) is 16.7 Å². The third kappa shape index (κ3) is 5.47. The Labute approximate surface area is 188 Å². The van der Waals surface area contributed by atoms with Crippen molar-refractivity contribution < 1.29 is 22.7 Å². The summed E-state index contributed by atoms with van der Waals surface area (Å²) < 4.78 is 46.6. The Hall–Kier alpha value is -3.50. The Morgan fingerprint density at radius 2 is 2.09 bits per heavy atom. The molecule has 1 aliphatic heterocycles. The number of carbonyl (C=O) groups is 1. The molecule has 0 atom stereocenters. The number of aromatic amines is 1. The first-order valence-electron chi connectivity index (χ1n) is 10.2. The molecule has 0 saturated heterocycles. The lowest BCUT2D eigenvalue weighted by Gasteiger charge is -2.22. The average Bonchev–Trinajstić information content (AvgIpc) is 3.41. The third-order valence-electron chi connectivity index (χ3n) is 5.20. The maximum absolute atomic E-state index is 14.3. The van der Waals surface area contributed by atoms with E-state index < -0.39 is 30.8 Å². The van der Waals surface area contributed by atoms with E-state index in [4.69, 9.17) is 0 Å². The van der Waals surface area contributed by atoms with Gasteiger partial charge >= 0.3 is 0 Å². The summed E-state index contributed by atoms with van der Waals surface area (Å²) in [6, 6.07) is 5.31. The van der Waals surface area contributed by atoms with E-state index in [1.165, 1.54) is 31.7 Å². The number of alkyl halides is 2. The number of aromatic nitrogens is 3. The molecule has 0 aliphatic carbocycles. The summed E-state index contributed by atoms with van der Waals surface area (Å²) in [5.41, 5.74) is 3.60. The predicted molar refractivity (Wildman–Crippen MR) is 117 cm³/mol. The third-order valence-corrected chi connectivity index (χ3v) is 5.20. The number of nitrogens with one attached hydrogen (secondary N) is 2. The SMILES string of the molecule is COCC(F)(F)CN1Cc2ccc(NC(=O)/C=C/c3cncc(F)c3-c3cn[nH]c3)cc2C1. The van der Waals surface area contributed by atoms with Gasteiger partial charge in [0, 0.05) is 61.0 Å². The van der Waals surface area contributed by atoms with Crippen molar-refractivity contribution in [2.45, 2.75) is 19.0 Å². The van der Waals surface area contributed by atoms with Crippen molar-refractivity contribution in [3.8, 4) is 11.1 Å². The molecule has 1 aliphatic rings. The second-order valence-electron chi connectivity index (χ2n) is 7.81. The molecule has 2 N–H and O–H groups in total. The highest BCUT2D eigenvalue weighted by atomic mass is 19.3. The fraction of sp³-hybridized carbons (Fsp3) is 0.261. The van der Waals surface area contributed by atoms with Gasteiger partial charge in [-0.2, -0.15) is 5.10 Å². The second kappa shape index (κ2) is 9.55. The molecular weight excluding hydrogens is 435 g/mol. The van der Waals surface area contributed by atoms with E-state index in [0.29, 0.717) is 29.9 Å². The van der Waals surface area contributed by atoms with Gasteiger partial charge in [0.25, 0.3) is 5.92 Å². The van der Waals surface area contributed by atoms with Crippen molar-refractivity contribution in [3.05, 3.63) is 71.6 Å². The van der Waals surface area contributed by atoms with E-state index in [2.05, 4.69) is 25.2 Å². The number of fused-ring (bicyclic) bond motifs is 1. The number of rotatable bonds is 8. The molecule has 0 radical (unpaired) electrons. The summed E-state index contributed by atoms with van der Waals surface area (Å²) in [6.45, 7) is -0.263. The minimum absolute atomic E-state index is 0.283. The minimum Gasteiger partial charge on any atom is -0.378 e. The van der Waals surface area contributed by atoms with E-state index in [0.717, 1.165) is 17.3 Å². The fourth-order valence-electron chi connectivity index (χ4n) is 3.86. The molecule has 1 aromatic carbocycles. The summed E-state index contributed by atoms with van der Waals surface area (Å²) in [5.74, 6) is -3.88. The predicted octanol–water partition coefficient (Wildman–Crippen LogP) is 3.86. The Morgan fingerprint density at radius 1 is 1.27 bits per heavy atom. The van der Waals surface area contributed by atoms with E-state index in [9.17, 15) is 18.0 Å². The van der Waals surface area contributed by atoms with Crippen LogP contribution in [-0.2, 0) is 22.6 Å². The lowest BCUT2D eigenvalue weighted by Crippen LogP contribution is -2.37. The van der Waals surface area contributed by atoms with E-state index in [1.54, 1.807) is 23.2 Å². The number of ether oxygens (including phenoxy) is 1. The molecule has 3 heterocycles. The van der Waals surface area contributed by atoms with Crippen LogP contribution in [0.25, 0.3) is 17.2 Å². The highest BCUT2D eigenvalue weighted by Gasteiger charge is 2.34. The Balaban J connectivity index is 1.42. The summed E-state index contributed by atoms with van der Waals surface area (Å²) >= 11 is 0. The smallest absolute Gasteiger partial charge is 0.283 e. The van der Waals surface area contributed by atoms with Crippen LogP contribution in [0.15, 0.2) is 49.1 Å². The molecule has 172 valence electrons. The number of anilines is 1. The number of hydrogen-bond donors (Lipinski definition) is 2. The summed E-state index contributed by atoms with van der Waals surface area (Å²) in [4.78, 5) is 17.9. The van der Waals surface area contributed by atoms with Gasteiger partial charge in [-0.05, 0) is 29.3 Å². The van der Waals surface area contributed by atoms with Crippen LogP contribution >= 0.6 is 0 Å². The van der Waals surface area contributed by atoms with Crippen LogP contribution in [0.2, 0.25) is 0 Å². The lowest BCUT2D eigenvalue weighted by atomic mass is 10.0. The van der Waals surface area contributed by atoms with Gasteiger partial charge in [0.05, 0.1) is 18.9 Å². The van der Waals surface area contributed by atoms with Gasteiger partial charge in [0.15, 0.2) is 0 Å². The molecule has 3 aromatic rings. The van der Waals surface area contributed by atoms with Gasteiger partial charge < -0.3 is 10.1 Å². The minimum atomic E-state index is -2.93. The Morgan fingerprint density at radius 3 is 2.85 bits per heavy atom. The molecular formula is C23H22F3N5O2. The maximum atomic E-state index is 14.3. The van der Waals surface area contributed by atoms with Gasteiger partial charge in [-0.25, -0.2) is 13.2 Å². The average molecular weight is 457 g/mol. The molecule has 0 bridgehead atoms. The van der Waals surface area contributed by atoms with Crippen molar-refractivity contribution in [2.24, 2.45) is 0 Å². The first-order chi connectivity index (χ1) is 15.8. The summed E-state index contributed by atoms with van der Waals surface area (Å²) in [5, 5.41) is 9.21. The second-order valence-corrected chi connectivity index (χ2v) is 7.81. The first-order valence-corrected chi connectivity index (χ1v) is 10.2. The highest BCUT2D eigenvalue weighted by Crippen LogP contribution is 2.29. The quantitative estimate of drug-likeness (QED) is 0.502. The molecule has 0 spiro atoms. The van der Waals surface area contributed by atoms with Crippen molar-refractivity contribution in [2.75, 3.05) is 25.6 Å². The Kier molecular flexibility index (Phi) is 6.57. The first kappa shape index (κ1) is 22.7. The van der Waals surface area contributed by atoms with Crippen molar-refractivity contribution >= 4 is 17.7 Å². The maximum Gasteiger partial charge on any atom is 0.283 e. The van der Waals surface area contributed by atoms with Gasteiger partial charge in [-0.1, -0.05) is 6.07 Å². The molecule has 0 saturated carbocycles. The van der Waals surface area contributed by atoms with Crippen molar-refractivity contribution in [1.82, 2.24) is 20.1 Å². The standard InChI is InChI=1S/C23H22F3N5O2/c1-33-14-23(25,26)13-31-11-16-2-4-19(6-17(16)12-31)30-21(32)5-3-15-7-27-10-20(24)22(15)18-8-28-29-9-18/h2-10H,11-14H2,1H3,(H,28,29)(H,30,32)/b5-3+. The molecule has 2 aromatic heterocycles. The number of halogens is 3. The fourth-order valence-corrected chi connectivity index (χ4v) is 3.86. The van der Waals surface area contributed by atoms with Crippen LogP contribution in [0.5, 0.6) is 0 Å². The topological polar surface area (TPSA) is 83.1 Å². The summed E-state index contributed by atoms with van der Waals surface area (Å²) in [6.07, 6.45) is 8.34. The van der Waals surface area contributed by atoms with E-state index in [1.807, 2.05) is 6.07 Å². The van der Waals surface area contributed by atoms with Crippen LogP contribution in [0.4, 0.5) is 18.9 Å². The zero-order valence-electron chi connectivity index (χ0n) is 17.8. The molecule has 1 amide bonds. The largest absolute Gasteiger partial charge is 0.378 e. The number of pyridine rings is 1. The van der Waals surface area contributed by atoms with Crippen molar-refractivity contribution in [3.63, 3.8) is 0 Å². The molecule has 7 nitrogen and oxygen atoms in total. The van der Waals surface area contributed by atoms with Crippen LogP contribution in [0.3, 0.4) is 0 Å².